The normalized spacial score (nSPS) is 11.0. The summed E-state index contributed by atoms with van der Waals surface area (Å²) in [7, 11) is 0. The molecule has 0 N–H and O–H groups in total. The number of hydrogen-bond donors (Lipinski definition) is 0. The monoisotopic (exact) mass is 358 g/mol. The predicted octanol–water partition coefficient (Wildman–Crippen LogP) is 4.29. The smallest absolute Gasteiger partial charge is 0.331 e. The van der Waals surface area contributed by atoms with Crippen LogP contribution in [0.4, 0.5) is 4.39 Å². The molecule has 126 valence electrons. The average molecular weight is 359 g/mol. The van der Waals surface area contributed by atoms with Crippen molar-refractivity contribution in [2.45, 2.75) is 6.61 Å². The van der Waals surface area contributed by atoms with Crippen molar-refractivity contribution in [1.29, 1.82) is 0 Å². The Bertz CT molecular complexity index is 910. The third-order valence-corrected chi connectivity index (χ3v) is 3.48. The van der Waals surface area contributed by atoms with Crippen molar-refractivity contribution >= 4 is 23.6 Å². The lowest BCUT2D eigenvalue weighted by molar-refractivity contribution is -0.139. The number of aromatic nitrogens is 2. The summed E-state index contributed by atoms with van der Waals surface area (Å²) >= 11 is 5.67. The molecular weight excluding hydrogens is 347 g/mol. The second-order valence-corrected chi connectivity index (χ2v) is 5.40. The highest BCUT2D eigenvalue weighted by Gasteiger charge is 2.09. The van der Waals surface area contributed by atoms with Gasteiger partial charge in [-0.15, -0.1) is 0 Å². The SMILES string of the molecule is O=C(/C=C/c1ccc(F)c(Cl)c1)OCc1nc(-c2ccccc2)no1. The Morgan fingerprint density at radius 3 is 2.80 bits per heavy atom. The van der Waals surface area contributed by atoms with Crippen LogP contribution in [0.15, 0.2) is 59.1 Å². The van der Waals surface area contributed by atoms with Gasteiger partial charge in [-0.3, -0.25) is 0 Å². The summed E-state index contributed by atoms with van der Waals surface area (Å²) in [6.45, 7) is -0.146. The van der Waals surface area contributed by atoms with Crippen LogP contribution in [0.2, 0.25) is 5.02 Å². The first-order chi connectivity index (χ1) is 12.1. The van der Waals surface area contributed by atoms with Crippen LogP contribution in [-0.2, 0) is 16.1 Å². The molecule has 0 bridgehead atoms. The van der Waals surface area contributed by atoms with Crippen LogP contribution in [-0.4, -0.2) is 16.1 Å². The number of nitrogens with zero attached hydrogens (tertiary/aromatic N) is 2. The molecule has 0 aliphatic rings. The lowest BCUT2D eigenvalue weighted by Gasteiger charge is -1.98. The van der Waals surface area contributed by atoms with Gasteiger partial charge in [-0.1, -0.05) is 53.2 Å². The molecule has 5 nitrogen and oxygen atoms in total. The average Bonchev–Trinajstić information content (AvgIpc) is 3.11. The van der Waals surface area contributed by atoms with Crippen molar-refractivity contribution in [2.24, 2.45) is 0 Å². The Balaban J connectivity index is 1.56. The van der Waals surface area contributed by atoms with E-state index in [0.717, 1.165) is 5.56 Å². The van der Waals surface area contributed by atoms with E-state index in [1.54, 1.807) is 0 Å². The highest BCUT2D eigenvalue weighted by atomic mass is 35.5. The fraction of sp³-hybridized carbons (Fsp3) is 0.0556. The summed E-state index contributed by atoms with van der Waals surface area (Å²) < 4.78 is 23.1. The van der Waals surface area contributed by atoms with Gasteiger partial charge in [0.1, 0.15) is 5.82 Å². The first-order valence-corrected chi connectivity index (χ1v) is 7.67. The van der Waals surface area contributed by atoms with Crippen LogP contribution in [0, 0.1) is 5.82 Å². The first-order valence-electron chi connectivity index (χ1n) is 7.30. The Hall–Kier alpha value is -2.99. The molecule has 0 saturated carbocycles. The van der Waals surface area contributed by atoms with Gasteiger partial charge in [0.05, 0.1) is 5.02 Å². The van der Waals surface area contributed by atoms with Crippen molar-refractivity contribution in [3.8, 4) is 11.4 Å². The molecular formula is C18H12ClFN2O3. The third-order valence-electron chi connectivity index (χ3n) is 3.19. The zero-order valence-corrected chi connectivity index (χ0v) is 13.6. The van der Waals surface area contributed by atoms with E-state index in [0.29, 0.717) is 11.4 Å². The van der Waals surface area contributed by atoms with Crippen LogP contribution in [0.3, 0.4) is 0 Å². The van der Waals surface area contributed by atoms with Gasteiger partial charge in [-0.05, 0) is 23.8 Å². The van der Waals surface area contributed by atoms with E-state index in [2.05, 4.69) is 10.1 Å². The molecule has 0 fully saturated rings. The van der Waals surface area contributed by atoms with E-state index in [1.807, 2.05) is 30.3 Å². The molecule has 0 saturated heterocycles. The molecule has 0 amide bonds. The number of ether oxygens (including phenoxy) is 1. The third kappa shape index (κ3) is 4.51. The maximum atomic E-state index is 13.1. The van der Waals surface area contributed by atoms with E-state index >= 15 is 0 Å². The van der Waals surface area contributed by atoms with E-state index in [-0.39, 0.29) is 17.5 Å². The van der Waals surface area contributed by atoms with Crippen LogP contribution in [0.1, 0.15) is 11.5 Å². The van der Waals surface area contributed by atoms with Gasteiger partial charge in [-0.2, -0.15) is 4.98 Å². The minimum atomic E-state index is -0.597. The minimum absolute atomic E-state index is 0.0187. The van der Waals surface area contributed by atoms with Crippen molar-refractivity contribution in [3.63, 3.8) is 0 Å². The molecule has 0 aliphatic heterocycles. The van der Waals surface area contributed by atoms with Crippen LogP contribution < -0.4 is 0 Å². The van der Waals surface area contributed by atoms with Crippen LogP contribution >= 0.6 is 11.6 Å². The van der Waals surface area contributed by atoms with Gasteiger partial charge in [0.25, 0.3) is 5.89 Å². The second kappa shape index (κ2) is 7.72. The summed E-state index contributed by atoms with van der Waals surface area (Å²) in [6, 6.07) is 13.4. The summed E-state index contributed by atoms with van der Waals surface area (Å²) in [5.41, 5.74) is 1.38. The number of carbonyl (C=O) groups is 1. The number of rotatable bonds is 5. The Morgan fingerprint density at radius 2 is 2.04 bits per heavy atom. The lowest BCUT2D eigenvalue weighted by Crippen LogP contribution is -2.01. The Kier molecular flexibility index (Phi) is 5.20. The molecule has 3 rings (SSSR count). The van der Waals surface area contributed by atoms with Crippen molar-refractivity contribution < 1.29 is 18.4 Å². The number of esters is 1. The summed E-state index contributed by atoms with van der Waals surface area (Å²) in [5.74, 6) is -0.513. The molecule has 0 unspecified atom stereocenters. The molecule has 0 atom stereocenters. The van der Waals surface area contributed by atoms with E-state index < -0.39 is 11.8 Å². The Labute approximate surface area is 147 Å². The molecule has 1 heterocycles. The number of benzene rings is 2. The maximum Gasteiger partial charge on any atom is 0.331 e. The largest absolute Gasteiger partial charge is 0.452 e. The van der Waals surface area contributed by atoms with Crippen molar-refractivity contribution in [2.75, 3.05) is 0 Å². The summed E-state index contributed by atoms with van der Waals surface area (Å²) in [6.07, 6.45) is 2.68. The van der Waals surface area contributed by atoms with Gasteiger partial charge in [-0.25, -0.2) is 9.18 Å². The standard InChI is InChI=1S/C18H12ClFN2O3/c19-14-10-12(6-8-15(14)20)7-9-17(23)24-11-16-21-18(22-25-16)13-4-2-1-3-5-13/h1-10H,11H2/b9-7+. The van der Waals surface area contributed by atoms with Gasteiger partial charge < -0.3 is 9.26 Å². The summed E-state index contributed by atoms with van der Waals surface area (Å²) in [5, 5.41) is 3.81. The minimum Gasteiger partial charge on any atom is -0.452 e. The molecule has 0 radical (unpaired) electrons. The summed E-state index contributed by atoms with van der Waals surface area (Å²) in [4.78, 5) is 15.9. The molecule has 1 aromatic heterocycles. The van der Waals surface area contributed by atoms with Crippen LogP contribution in [0.5, 0.6) is 0 Å². The Morgan fingerprint density at radius 1 is 1.24 bits per heavy atom. The molecule has 25 heavy (non-hydrogen) atoms. The van der Waals surface area contributed by atoms with Gasteiger partial charge in [0.15, 0.2) is 6.61 Å². The fourth-order valence-electron chi connectivity index (χ4n) is 1.98. The van der Waals surface area contributed by atoms with Crippen molar-refractivity contribution in [3.05, 3.63) is 76.9 Å². The zero-order valence-electron chi connectivity index (χ0n) is 12.9. The quantitative estimate of drug-likeness (QED) is 0.503. The molecule has 3 aromatic rings. The molecule has 0 aliphatic carbocycles. The number of halogens is 2. The van der Waals surface area contributed by atoms with Gasteiger partial charge >= 0.3 is 5.97 Å². The lowest BCUT2D eigenvalue weighted by atomic mass is 10.2. The van der Waals surface area contributed by atoms with E-state index in [1.165, 1.54) is 30.4 Å². The molecule has 2 aromatic carbocycles. The van der Waals surface area contributed by atoms with E-state index in [9.17, 15) is 9.18 Å². The fourth-order valence-corrected chi connectivity index (χ4v) is 2.17. The van der Waals surface area contributed by atoms with Crippen molar-refractivity contribution in [1.82, 2.24) is 10.1 Å². The predicted molar refractivity (Wildman–Crippen MR) is 90.0 cm³/mol. The highest BCUT2D eigenvalue weighted by Crippen LogP contribution is 2.17. The van der Waals surface area contributed by atoms with Crippen LogP contribution in [0.25, 0.3) is 17.5 Å². The topological polar surface area (TPSA) is 65.2 Å². The molecule has 7 heteroatoms. The van der Waals surface area contributed by atoms with Gasteiger partial charge in [0.2, 0.25) is 5.82 Å². The van der Waals surface area contributed by atoms with E-state index in [4.69, 9.17) is 20.9 Å². The maximum absolute atomic E-state index is 13.1. The number of carbonyl (C=O) groups excluding carboxylic acids is 1. The second-order valence-electron chi connectivity index (χ2n) is 4.99. The molecule has 0 spiro atoms. The van der Waals surface area contributed by atoms with Gasteiger partial charge in [0, 0.05) is 11.6 Å². The number of hydrogen-bond acceptors (Lipinski definition) is 5. The first kappa shape index (κ1) is 16.9. The highest BCUT2D eigenvalue weighted by molar-refractivity contribution is 6.30. The zero-order chi connectivity index (χ0) is 17.6.